The molecule has 0 aliphatic rings. The molecule has 1 amide bonds. The number of aromatic hydroxyl groups is 1. The first-order valence-corrected chi connectivity index (χ1v) is 7.55. The summed E-state index contributed by atoms with van der Waals surface area (Å²) in [7, 11) is 1.43. The van der Waals surface area contributed by atoms with Crippen LogP contribution in [-0.4, -0.2) is 30.9 Å². The molecule has 0 saturated carbocycles. The predicted molar refractivity (Wildman–Crippen MR) is 90.0 cm³/mol. The Bertz CT molecular complexity index is 750. The van der Waals surface area contributed by atoms with Crippen LogP contribution in [0, 0.1) is 5.82 Å². The van der Waals surface area contributed by atoms with Gasteiger partial charge in [0.25, 0.3) is 5.91 Å². The largest absolute Gasteiger partial charge is 0.503 e. The van der Waals surface area contributed by atoms with Crippen LogP contribution < -0.4 is 14.9 Å². The predicted octanol–water partition coefficient (Wildman–Crippen LogP) is 2.83. The fraction of sp³-hybridized carbons (Fsp3) is 0.125. The second kappa shape index (κ2) is 8.30. The summed E-state index contributed by atoms with van der Waals surface area (Å²) in [6.45, 7) is -0.258. The van der Waals surface area contributed by atoms with Crippen molar-refractivity contribution in [2.45, 2.75) is 0 Å². The van der Waals surface area contributed by atoms with Crippen LogP contribution in [0.1, 0.15) is 5.56 Å². The molecule has 0 aromatic heterocycles. The summed E-state index contributed by atoms with van der Waals surface area (Å²) in [5.74, 6) is -0.224. The second-order valence-corrected chi connectivity index (χ2v) is 5.44. The van der Waals surface area contributed by atoms with E-state index < -0.39 is 5.91 Å². The number of carbonyl (C=O) groups is 1. The number of phenolic OH excluding ortho intramolecular Hbond substituents is 1. The van der Waals surface area contributed by atoms with Crippen LogP contribution in [0.2, 0.25) is 0 Å². The Hall–Kier alpha value is -2.61. The van der Waals surface area contributed by atoms with E-state index >= 15 is 0 Å². The number of rotatable bonds is 6. The van der Waals surface area contributed by atoms with Crippen molar-refractivity contribution >= 4 is 28.1 Å². The SMILES string of the molecule is COc1cc(C=NNC(=O)COc2ccc(F)cc2)cc(Br)c1O. The number of ether oxygens (including phenoxy) is 2. The highest BCUT2D eigenvalue weighted by Gasteiger charge is 2.07. The van der Waals surface area contributed by atoms with Gasteiger partial charge >= 0.3 is 0 Å². The monoisotopic (exact) mass is 396 g/mol. The molecule has 8 heteroatoms. The molecule has 0 radical (unpaired) electrons. The summed E-state index contributed by atoms with van der Waals surface area (Å²) in [6.07, 6.45) is 1.39. The van der Waals surface area contributed by atoms with Gasteiger partial charge in [0.05, 0.1) is 17.8 Å². The van der Waals surface area contributed by atoms with E-state index in [0.29, 0.717) is 15.8 Å². The van der Waals surface area contributed by atoms with E-state index in [1.165, 1.54) is 37.6 Å². The molecule has 0 fully saturated rings. The topological polar surface area (TPSA) is 80.2 Å². The Morgan fingerprint density at radius 1 is 1.38 bits per heavy atom. The Labute approximate surface area is 146 Å². The highest BCUT2D eigenvalue weighted by atomic mass is 79.9. The van der Waals surface area contributed by atoms with Crippen LogP contribution in [0.3, 0.4) is 0 Å². The molecule has 126 valence electrons. The fourth-order valence-electron chi connectivity index (χ4n) is 1.71. The maximum atomic E-state index is 12.7. The van der Waals surface area contributed by atoms with Crippen LogP contribution in [0.5, 0.6) is 17.2 Å². The molecule has 2 rings (SSSR count). The van der Waals surface area contributed by atoms with Crippen LogP contribution in [0.15, 0.2) is 46.0 Å². The second-order valence-electron chi connectivity index (χ2n) is 4.59. The van der Waals surface area contributed by atoms with Gasteiger partial charge < -0.3 is 14.6 Å². The molecule has 0 bridgehead atoms. The minimum atomic E-state index is -0.472. The molecule has 24 heavy (non-hydrogen) atoms. The highest BCUT2D eigenvalue weighted by molar-refractivity contribution is 9.10. The molecule has 0 heterocycles. The van der Waals surface area contributed by atoms with Crippen molar-refractivity contribution < 1.29 is 23.8 Å². The number of amides is 1. The van der Waals surface area contributed by atoms with Crippen molar-refractivity contribution in [1.82, 2.24) is 5.43 Å². The van der Waals surface area contributed by atoms with E-state index in [1.54, 1.807) is 12.1 Å². The van der Waals surface area contributed by atoms with E-state index in [-0.39, 0.29) is 23.9 Å². The zero-order valence-corrected chi connectivity index (χ0v) is 14.2. The quantitative estimate of drug-likeness (QED) is 0.581. The van der Waals surface area contributed by atoms with Gasteiger partial charge in [0.2, 0.25) is 0 Å². The third kappa shape index (κ3) is 4.95. The Balaban J connectivity index is 1.88. The number of hydrogen-bond acceptors (Lipinski definition) is 5. The van der Waals surface area contributed by atoms with Crippen molar-refractivity contribution in [3.05, 3.63) is 52.3 Å². The lowest BCUT2D eigenvalue weighted by molar-refractivity contribution is -0.123. The molecule has 0 aliphatic carbocycles. The van der Waals surface area contributed by atoms with Crippen molar-refractivity contribution in [2.75, 3.05) is 13.7 Å². The van der Waals surface area contributed by atoms with Crippen LogP contribution in [-0.2, 0) is 4.79 Å². The Kier molecular flexibility index (Phi) is 6.14. The lowest BCUT2D eigenvalue weighted by Crippen LogP contribution is -2.24. The summed E-state index contributed by atoms with van der Waals surface area (Å²) in [6, 6.07) is 8.49. The number of phenols is 1. The van der Waals surface area contributed by atoms with Crippen LogP contribution in [0.4, 0.5) is 4.39 Å². The molecule has 2 aromatic rings. The minimum Gasteiger partial charge on any atom is -0.503 e. The molecule has 2 aromatic carbocycles. The van der Waals surface area contributed by atoms with Crippen LogP contribution >= 0.6 is 15.9 Å². The van der Waals surface area contributed by atoms with Gasteiger partial charge in [-0.05, 0) is 57.9 Å². The Morgan fingerprint density at radius 2 is 2.08 bits per heavy atom. The van der Waals surface area contributed by atoms with Gasteiger partial charge in [0.1, 0.15) is 11.6 Å². The lowest BCUT2D eigenvalue weighted by atomic mass is 10.2. The first-order valence-electron chi connectivity index (χ1n) is 6.76. The van der Waals surface area contributed by atoms with E-state index in [1.807, 2.05) is 0 Å². The standard InChI is InChI=1S/C16H14BrFN2O4/c1-23-14-7-10(6-13(17)16(14)22)8-19-20-15(21)9-24-12-4-2-11(18)3-5-12/h2-8,22H,9H2,1H3,(H,20,21). The van der Waals surface area contributed by atoms with E-state index in [4.69, 9.17) is 9.47 Å². The third-order valence-corrected chi connectivity index (χ3v) is 3.46. The summed E-state index contributed by atoms with van der Waals surface area (Å²) >= 11 is 3.19. The number of nitrogens with zero attached hydrogens (tertiary/aromatic N) is 1. The highest BCUT2D eigenvalue weighted by Crippen LogP contribution is 2.34. The van der Waals surface area contributed by atoms with Gasteiger partial charge in [0, 0.05) is 0 Å². The number of methoxy groups -OCH3 is 1. The maximum Gasteiger partial charge on any atom is 0.277 e. The molecule has 0 saturated heterocycles. The van der Waals surface area contributed by atoms with Crippen molar-refractivity contribution in [3.8, 4) is 17.2 Å². The molecule has 2 N–H and O–H groups in total. The molecule has 0 unspecified atom stereocenters. The van der Waals surface area contributed by atoms with Gasteiger partial charge in [0.15, 0.2) is 18.1 Å². The number of carbonyl (C=O) groups excluding carboxylic acids is 1. The normalized spacial score (nSPS) is 10.6. The third-order valence-electron chi connectivity index (χ3n) is 2.86. The van der Waals surface area contributed by atoms with Gasteiger partial charge in [-0.15, -0.1) is 0 Å². The number of halogens is 2. The summed E-state index contributed by atoms with van der Waals surface area (Å²) in [4.78, 5) is 11.6. The fourth-order valence-corrected chi connectivity index (χ4v) is 2.17. The van der Waals surface area contributed by atoms with E-state index in [0.717, 1.165) is 0 Å². The van der Waals surface area contributed by atoms with Crippen molar-refractivity contribution in [2.24, 2.45) is 5.10 Å². The van der Waals surface area contributed by atoms with Crippen molar-refractivity contribution in [1.29, 1.82) is 0 Å². The Morgan fingerprint density at radius 3 is 2.75 bits per heavy atom. The lowest BCUT2D eigenvalue weighted by Gasteiger charge is -2.06. The zero-order chi connectivity index (χ0) is 17.5. The number of hydrazone groups is 1. The molecular formula is C16H14BrFN2O4. The summed E-state index contributed by atoms with van der Waals surface area (Å²) in [5, 5.41) is 13.5. The molecule has 0 aliphatic heterocycles. The minimum absolute atomic E-state index is 0.0219. The van der Waals surface area contributed by atoms with Gasteiger partial charge in [-0.25, -0.2) is 9.82 Å². The van der Waals surface area contributed by atoms with Gasteiger partial charge in [-0.2, -0.15) is 5.10 Å². The molecule has 0 spiro atoms. The first-order chi connectivity index (χ1) is 11.5. The first kappa shape index (κ1) is 17.7. The van der Waals surface area contributed by atoms with Crippen molar-refractivity contribution in [3.63, 3.8) is 0 Å². The number of benzene rings is 2. The summed E-state index contributed by atoms with van der Waals surface area (Å²) in [5.41, 5.74) is 2.90. The number of nitrogens with one attached hydrogen (secondary N) is 1. The van der Waals surface area contributed by atoms with Crippen LogP contribution in [0.25, 0.3) is 0 Å². The average Bonchev–Trinajstić information content (AvgIpc) is 2.57. The van der Waals surface area contributed by atoms with E-state index in [9.17, 15) is 14.3 Å². The smallest absolute Gasteiger partial charge is 0.277 e. The van der Waals surface area contributed by atoms with Gasteiger partial charge in [-0.3, -0.25) is 4.79 Å². The van der Waals surface area contributed by atoms with Gasteiger partial charge in [-0.1, -0.05) is 0 Å². The summed E-state index contributed by atoms with van der Waals surface area (Å²) < 4.78 is 23.4. The maximum absolute atomic E-state index is 12.7. The molecule has 6 nitrogen and oxygen atoms in total. The van der Waals surface area contributed by atoms with E-state index in [2.05, 4.69) is 26.5 Å². The molecular weight excluding hydrogens is 383 g/mol. The number of hydrogen-bond donors (Lipinski definition) is 2. The molecule has 0 atom stereocenters. The zero-order valence-electron chi connectivity index (χ0n) is 12.6. The average molecular weight is 397 g/mol.